The van der Waals surface area contributed by atoms with Gasteiger partial charge in [0.1, 0.15) is 11.4 Å². The number of phenols is 1. The molecular weight excluding hydrogens is 352 g/mol. The largest absolute Gasteiger partial charge is 0.507 e. The number of benzene rings is 2. The smallest absolute Gasteiger partial charge is 0.159 e. The van der Waals surface area contributed by atoms with Crippen LogP contribution in [0.3, 0.4) is 0 Å². The number of nitrogens with one attached hydrogen (secondary N) is 2. The Labute approximate surface area is 163 Å². The number of hydrogen-bond donors (Lipinski definition) is 3. The molecular formula is C21H24N6O. The minimum atomic E-state index is 0.199. The van der Waals surface area contributed by atoms with E-state index in [1.165, 1.54) is 5.69 Å². The van der Waals surface area contributed by atoms with Gasteiger partial charge in [0, 0.05) is 37.9 Å². The highest BCUT2D eigenvalue weighted by atomic mass is 16.3. The lowest BCUT2D eigenvalue weighted by Gasteiger charge is -2.38. The molecule has 0 amide bonds. The topological polar surface area (TPSA) is 84.1 Å². The summed E-state index contributed by atoms with van der Waals surface area (Å²) >= 11 is 0. The summed E-state index contributed by atoms with van der Waals surface area (Å²) in [6, 6.07) is 12.3. The van der Waals surface area contributed by atoms with Crippen molar-refractivity contribution in [2.75, 3.05) is 31.1 Å². The third kappa shape index (κ3) is 2.79. The second-order valence-electron chi connectivity index (χ2n) is 7.68. The van der Waals surface area contributed by atoms with Gasteiger partial charge in [-0.3, -0.25) is 10.00 Å². The quantitative estimate of drug-likeness (QED) is 0.511. The van der Waals surface area contributed by atoms with Gasteiger partial charge >= 0.3 is 0 Å². The van der Waals surface area contributed by atoms with E-state index in [0.29, 0.717) is 22.9 Å². The highest BCUT2D eigenvalue weighted by Gasteiger charge is 2.20. The zero-order chi connectivity index (χ0) is 19.3. The molecule has 0 bridgehead atoms. The van der Waals surface area contributed by atoms with Crippen molar-refractivity contribution in [1.82, 2.24) is 25.1 Å². The fraction of sp³-hybridized carbons (Fsp3) is 0.333. The third-order valence-electron chi connectivity index (χ3n) is 5.67. The van der Waals surface area contributed by atoms with Crippen LogP contribution in [0, 0.1) is 0 Å². The van der Waals surface area contributed by atoms with Crippen LogP contribution in [0.2, 0.25) is 0 Å². The van der Waals surface area contributed by atoms with Crippen molar-refractivity contribution in [2.45, 2.75) is 19.9 Å². The van der Waals surface area contributed by atoms with Crippen LogP contribution in [0.4, 0.5) is 5.69 Å². The molecule has 1 saturated heterocycles. The summed E-state index contributed by atoms with van der Waals surface area (Å²) in [7, 11) is 0. The number of aromatic nitrogens is 4. The molecule has 4 aromatic rings. The summed E-state index contributed by atoms with van der Waals surface area (Å²) in [6.07, 6.45) is 0. The molecule has 0 unspecified atom stereocenters. The van der Waals surface area contributed by atoms with E-state index in [0.717, 1.165) is 42.7 Å². The zero-order valence-corrected chi connectivity index (χ0v) is 16.1. The molecule has 2 aromatic carbocycles. The normalized spacial score (nSPS) is 15.9. The van der Waals surface area contributed by atoms with E-state index in [2.05, 4.69) is 57.0 Å². The van der Waals surface area contributed by atoms with Crippen molar-refractivity contribution in [1.29, 1.82) is 0 Å². The van der Waals surface area contributed by atoms with Crippen molar-refractivity contribution in [3.05, 3.63) is 36.4 Å². The Bertz CT molecular complexity index is 1140. The minimum Gasteiger partial charge on any atom is -0.507 e. The molecule has 0 saturated carbocycles. The first-order valence-corrected chi connectivity index (χ1v) is 9.75. The Morgan fingerprint density at radius 3 is 2.64 bits per heavy atom. The molecule has 1 aliphatic heterocycles. The molecule has 1 aliphatic rings. The maximum absolute atomic E-state index is 10.2. The molecule has 0 atom stereocenters. The van der Waals surface area contributed by atoms with E-state index in [1.807, 2.05) is 6.07 Å². The number of H-pyrrole nitrogens is 2. The second-order valence-corrected chi connectivity index (χ2v) is 7.68. The van der Waals surface area contributed by atoms with Gasteiger partial charge in [-0.1, -0.05) is 6.07 Å². The highest BCUT2D eigenvalue weighted by molar-refractivity contribution is 5.97. The molecule has 5 rings (SSSR count). The first-order chi connectivity index (χ1) is 13.6. The van der Waals surface area contributed by atoms with Crippen LogP contribution in [-0.2, 0) is 0 Å². The number of fused-ring (bicyclic) bond motifs is 2. The van der Waals surface area contributed by atoms with Gasteiger partial charge in [0.2, 0.25) is 0 Å². The summed E-state index contributed by atoms with van der Waals surface area (Å²) < 4.78 is 0. The molecule has 3 heterocycles. The van der Waals surface area contributed by atoms with Crippen LogP contribution in [0.15, 0.2) is 36.4 Å². The Morgan fingerprint density at radius 1 is 1.04 bits per heavy atom. The van der Waals surface area contributed by atoms with E-state index >= 15 is 0 Å². The van der Waals surface area contributed by atoms with Crippen molar-refractivity contribution in [3.63, 3.8) is 0 Å². The Morgan fingerprint density at radius 2 is 1.86 bits per heavy atom. The maximum Gasteiger partial charge on any atom is 0.159 e. The SMILES string of the molecule is CC(C)N1CCN(c2ccc3[nH]c(-c4n[nH]c5cccc(O)c45)nc3c2)CC1. The van der Waals surface area contributed by atoms with E-state index in [1.54, 1.807) is 12.1 Å². The van der Waals surface area contributed by atoms with Gasteiger partial charge in [0.25, 0.3) is 0 Å². The monoisotopic (exact) mass is 376 g/mol. The van der Waals surface area contributed by atoms with Crippen molar-refractivity contribution >= 4 is 27.6 Å². The van der Waals surface area contributed by atoms with Gasteiger partial charge < -0.3 is 15.0 Å². The molecule has 0 spiro atoms. The molecule has 0 radical (unpaired) electrons. The number of nitrogens with zero attached hydrogens (tertiary/aromatic N) is 4. The summed E-state index contributed by atoms with van der Waals surface area (Å²) in [5.74, 6) is 0.856. The second kappa shape index (κ2) is 6.53. The van der Waals surface area contributed by atoms with Gasteiger partial charge in [0.15, 0.2) is 5.82 Å². The maximum atomic E-state index is 10.2. The van der Waals surface area contributed by atoms with Gasteiger partial charge in [-0.05, 0) is 44.2 Å². The summed E-state index contributed by atoms with van der Waals surface area (Å²) in [4.78, 5) is 13.0. The summed E-state index contributed by atoms with van der Waals surface area (Å²) in [5.41, 5.74) is 4.50. The Balaban J connectivity index is 1.47. The van der Waals surface area contributed by atoms with E-state index in [-0.39, 0.29) is 5.75 Å². The number of anilines is 1. The molecule has 144 valence electrons. The van der Waals surface area contributed by atoms with Crippen molar-refractivity contribution < 1.29 is 5.11 Å². The van der Waals surface area contributed by atoms with Crippen LogP contribution in [0.25, 0.3) is 33.5 Å². The van der Waals surface area contributed by atoms with Crippen LogP contribution in [0.1, 0.15) is 13.8 Å². The molecule has 0 aliphatic carbocycles. The average Bonchev–Trinajstić information content (AvgIpc) is 3.32. The fourth-order valence-corrected chi connectivity index (χ4v) is 4.03. The lowest BCUT2D eigenvalue weighted by molar-refractivity contribution is 0.209. The van der Waals surface area contributed by atoms with Crippen LogP contribution in [0.5, 0.6) is 5.75 Å². The van der Waals surface area contributed by atoms with Crippen LogP contribution >= 0.6 is 0 Å². The lowest BCUT2D eigenvalue weighted by Crippen LogP contribution is -2.48. The average molecular weight is 376 g/mol. The Kier molecular flexibility index (Phi) is 3.98. The predicted molar refractivity (Wildman–Crippen MR) is 112 cm³/mol. The van der Waals surface area contributed by atoms with E-state index in [9.17, 15) is 5.11 Å². The number of rotatable bonds is 3. The molecule has 28 heavy (non-hydrogen) atoms. The van der Waals surface area contributed by atoms with Crippen LogP contribution in [-0.4, -0.2) is 62.4 Å². The molecule has 7 heteroatoms. The van der Waals surface area contributed by atoms with E-state index < -0.39 is 0 Å². The summed E-state index contributed by atoms with van der Waals surface area (Å²) in [6.45, 7) is 8.73. The number of phenolic OH excluding ortho intramolecular Hbond substituents is 1. The van der Waals surface area contributed by atoms with Gasteiger partial charge in [-0.25, -0.2) is 4.98 Å². The van der Waals surface area contributed by atoms with Crippen molar-refractivity contribution in [2.24, 2.45) is 0 Å². The summed E-state index contributed by atoms with van der Waals surface area (Å²) in [5, 5.41) is 18.3. The Hall–Kier alpha value is -3.06. The molecule has 3 N–H and O–H groups in total. The molecule has 7 nitrogen and oxygen atoms in total. The third-order valence-corrected chi connectivity index (χ3v) is 5.67. The number of aromatic hydroxyl groups is 1. The van der Waals surface area contributed by atoms with Gasteiger partial charge in [-0.15, -0.1) is 0 Å². The predicted octanol–water partition coefficient (Wildman–Crippen LogP) is 3.34. The lowest BCUT2D eigenvalue weighted by atomic mass is 10.2. The zero-order valence-electron chi connectivity index (χ0n) is 16.1. The van der Waals surface area contributed by atoms with Gasteiger partial charge in [0.05, 0.1) is 21.9 Å². The van der Waals surface area contributed by atoms with Crippen molar-refractivity contribution in [3.8, 4) is 17.3 Å². The first kappa shape index (κ1) is 17.1. The number of piperazine rings is 1. The standard InChI is InChI=1S/C21H24N6O/c1-13(2)26-8-10-27(11-9-26)14-6-7-15-17(12-14)23-21(22-15)20-19-16(24-25-20)4-3-5-18(19)28/h3-7,12-13,28H,8-11H2,1-2H3,(H,22,23)(H,24,25). The van der Waals surface area contributed by atoms with E-state index in [4.69, 9.17) is 4.98 Å². The minimum absolute atomic E-state index is 0.199. The first-order valence-electron chi connectivity index (χ1n) is 9.75. The van der Waals surface area contributed by atoms with Crippen LogP contribution < -0.4 is 4.90 Å². The molecule has 1 fully saturated rings. The number of aromatic amines is 2. The molecule has 2 aromatic heterocycles. The number of imidazole rings is 1. The highest BCUT2D eigenvalue weighted by Crippen LogP contribution is 2.33. The van der Waals surface area contributed by atoms with Gasteiger partial charge in [-0.2, -0.15) is 5.10 Å². The number of hydrogen-bond acceptors (Lipinski definition) is 5. The fourth-order valence-electron chi connectivity index (χ4n) is 4.03.